The molecule has 0 aromatic carbocycles. The molecule has 0 radical (unpaired) electrons. The van der Waals surface area contributed by atoms with Crippen molar-refractivity contribution >= 4 is 5.78 Å². The van der Waals surface area contributed by atoms with Gasteiger partial charge >= 0.3 is 0 Å². The summed E-state index contributed by atoms with van der Waals surface area (Å²) < 4.78 is 0. The Bertz CT molecular complexity index is 167. The number of rotatable bonds is 6. The topological polar surface area (TPSA) is 29.1 Å². The Hall–Kier alpha value is -1.07. The second kappa shape index (κ2) is 7.04. The molecule has 0 heterocycles. The van der Waals surface area contributed by atoms with Crippen molar-refractivity contribution in [3.63, 3.8) is 0 Å². The van der Waals surface area contributed by atoms with Crippen LogP contribution < -0.4 is 5.32 Å². The predicted molar refractivity (Wildman–Crippen MR) is 46.1 cm³/mol. The number of terminal acetylenes is 1. The highest BCUT2D eigenvalue weighted by molar-refractivity contribution is 5.80. The van der Waals surface area contributed by atoms with Crippen LogP contribution in [0.25, 0.3) is 0 Å². The minimum Gasteiger partial charge on any atom is -0.299 e. The van der Waals surface area contributed by atoms with E-state index >= 15 is 0 Å². The van der Waals surface area contributed by atoms with Gasteiger partial charge in [-0.25, -0.2) is 0 Å². The summed E-state index contributed by atoms with van der Waals surface area (Å²) in [7, 11) is 0. The molecule has 0 saturated carbocycles. The first-order valence-electron chi connectivity index (χ1n) is 3.58. The molecule has 0 fully saturated rings. The molecule has 0 atom stereocenters. The summed E-state index contributed by atoms with van der Waals surface area (Å²) in [6.07, 6.45) is 8.01. The minimum absolute atomic E-state index is 0.181. The SMILES string of the molecule is C#CCNCC(=O)CCC=C. The van der Waals surface area contributed by atoms with E-state index in [2.05, 4.69) is 17.8 Å². The fourth-order valence-corrected chi connectivity index (χ4v) is 0.626. The van der Waals surface area contributed by atoms with Crippen molar-refractivity contribution in [2.75, 3.05) is 13.1 Å². The monoisotopic (exact) mass is 151 g/mol. The van der Waals surface area contributed by atoms with Crippen molar-refractivity contribution in [1.82, 2.24) is 5.32 Å². The van der Waals surface area contributed by atoms with Crippen LogP contribution in [-0.4, -0.2) is 18.9 Å². The fourth-order valence-electron chi connectivity index (χ4n) is 0.626. The quantitative estimate of drug-likeness (QED) is 0.345. The smallest absolute Gasteiger partial charge is 0.146 e. The second-order valence-electron chi connectivity index (χ2n) is 2.17. The summed E-state index contributed by atoms with van der Waals surface area (Å²) in [6, 6.07) is 0. The van der Waals surface area contributed by atoms with Gasteiger partial charge < -0.3 is 0 Å². The molecule has 0 aliphatic heterocycles. The van der Waals surface area contributed by atoms with E-state index in [0.29, 0.717) is 19.5 Å². The van der Waals surface area contributed by atoms with Crippen molar-refractivity contribution in [1.29, 1.82) is 0 Å². The van der Waals surface area contributed by atoms with Crippen molar-refractivity contribution in [3.8, 4) is 12.3 Å². The largest absolute Gasteiger partial charge is 0.299 e. The molecular weight excluding hydrogens is 138 g/mol. The van der Waals surface area contributed by atoms with E-state index in [1.807, 2.05) is 0 Å². The molecule has 0 aliphatic rings. The van der Waals surface area contributed by atoms with Crippen LogP contribution in [0.1, 0.15) is 12.8 Å². The third-order valence-corrected chi connectivity index (χ3v) is 1.18. The molecule has 0 aliphatic carbocycles. The van der Waals surface area contributed by atoms with Crippen LogP contribution in [0.2, 0.25) is 0 Å². The van der Waals surface area contributed by atoms with Crippen LogP contribution in [0.4, 0.5) is 0 Å². The molecular formula is C9H13NO. The molecule has 0 spiro atoms. The van der Waals surface area contributed by atoms with Crippen molar-refractivity contribution < 1.29 is 4.79 Å². The Morgan fingerprint density at radius 1 is 1.73 bits per heavy atom. The van der Waals surface area contributed by atoms with E-state index in [0.717, 1.165) is 6.42 Å². The van der Waals surface area contributed by atoms with Gasteiger partial charge in [-0.15, -0.1) is 13.0 Å². The lowest BCUT2D eigenvalue weighted by molar-refractivity contribution is -0.118. The maximum Gasteiger partial charge on any atom is 0.146 e. The number of allylic oxidation sites excluding steroid dienone is 1. The van der Waals surface area contributed by atoms with Crippen molar-refractivity contribution in [2.24, 2.45) is 0 Å². The Balaban J connectivity index is 3.24. The highest BCUT2D eigenvalue weighted by atomic mass is 16.1. The predicted octanol–water partition coefficient (Wildman–Crippen LogP) is 0.744. The van der Waals surface area contributed by atoms with Crippen LogP contribution in [-0.2, 0) is 4.79 Å². The lowest BCUT2D eigenvalue weighted by Crippen LogP contribution is -2.22. The first-order chi connectivity index (χ1) is 5.31. The Morgan fingerprint density at radius 2 is 2.45 bits per heavy atom. The normalized spacial score (nSPS) is 8.64. The van der Waals surface area contributed by atoms with Gasteiger partial charge in [-0.05, 0) is 6.42 Å². The minimum atomic E-state index is 0.181. The van der Waals surface area contributed by atoms with E-state index < -0.39 is 0 Å². The molecule has 0 aromatic rings. The molecule has 60 valence electrons. The van der Waals surface area contributed by atoms with Crippen LogP contribution >= 0.6 is 0 Å². The maximum absolute atomic E-state index is 10.9. The zero-order chi connectivity index (χ0) is 8.53. The number of carbonyl (C=O) groups is 1. The highest BCUT2D eigenvalue weighted by Crippen LogP contribution is 1.89. The molecule has 1 N–H and O–H groups in total. The van der Waals surface area contributed by atoms with Crippen LogP contribution in [0.3, 0.4) is 0 Å². The molecule has 0 saturated heterocycles. The van der Waals surface area contributed by atoms with Gasteiger partial charge in [-0.2, -0.15) is 0 Å². The van der Waals surface area contributed by atoms with Crippen LogP contribution in [0, 0.1) is 12.3 Å². The van der Waals surface area contributed by atoms with E-state index in [-0.39, 0.29) is 5.78 Å². The summed E-state index contributed by atoms with van der Waals surface area (Å²) in [5.41, 5.74) is 0. The average molecular weight is 151 g/mol. The molecule has 0 aromatic heterocycles. The van der Waals surface area contributed by atoms with E-state index in [4.69, 9.17) is 6.42 Å². The highest BCUT2D eigenvalue weighted by Gasteiger charge is 1.97. The number of nitrogens with one attached hydrogen (secondary N) is 1. The summed E-state index contributed by atoms with van der Waals surface area (Å²) in [5.74, 6) is 2.58. The van der Waals surface area contributed by atoms with Crippen LogP contribution in [0.15, 0.2) is 12.7 Å². The second-order valence-corrected chi connectivity index (χ2v) is 2.17. The molecule has 0 bridgehead atoms. The molecule has 0 unspecified atom stereocenters. The zero-order valence-electron chi connectivity index (χ0n) is 6.60. The van der Waals surface area contributed by atoms with Gasteiger partial charge in [0.15, 0.2) is 0 Å². The Labute approximate surface area is 67.7 Å². The van der Waals surface area contributed by atoms with Gasteiger partial charge in [0.1, 0.15) is 5.78 Å². The molecule has 11 heavy (non-hydrogen) atoms. The number of hydrogen-bond acceptors (Lipinski definition) is 2. The lowest BCUT2D eigenvalue weighted by atomic mass is 10.2. The number of ketones is 1. The zero-order valence-corrected chi connectivity index (χ0v) is 6.60. The van der Waals surface area contributed by atoms with Gasteiger partial charge in [0, 0.05) is 6.42 Å². The molecule has 0 amide bonds. The summed E-state index contributed by atoms with van der Waals surface area (Å²) >= 11 is 0. The summed E-state index contributed by atoms with van der Waals surface area (Å²) in [6.45, 7) is 4.36. The van der Waals surface area contributed by atoms with E-state index in [1.54, 1.807) is 6.08 Å². The summed E-state index contributed by atoms with van der Waals surface area (Å²) in [5, 5.41) is 2.82. The number of Topliss-reactive ketones (excluding diaryl/α,β-unsaturated/α-hetero) is 1. The molecule has 0 rings (SSSR count). The first-order valence-corrected chi connectivity index (χ1v) is 3.58. The maximum atomic E-state index is 10.9. The molecule has 2 heteroatoms. The fraction of sp³-hybridized carbons (Fsp3) is 0.444. The Morgan fingerprint density at radius 3 is 3.00 bits per heavy atom. The number of carbonyl (C=O) groups excluding carboxylic acids is 1. The van der Waals surface area contributed by atoms with Gasteiger partial charge in [0.2, 0.25) is 0 Å². The number of hydrogen-bond donors (Lipinski definition) is 1. The lowest BCUT2D eigenvalue weighted by Gasteiger charge is -1.97. The van der Waals surface area contributed by atoms with E-state index in [9.17, 15) is 4.79 Å². The average Bonchev–Trinajstić information content (AvgIpc) is 2.01. The van der Waals surface area contributed by atoms with Crippen molar-refractivity contribution in [3.05, 3.63) is 12.7 Å². The van der Waals surface area contributed by atoms with Gasteiger partial charge in [-0.3, -0.25) is 10.1 Å². The first kappa shape index (κ1) is 9.93. The van der Waals surface area contributed by atoms with Gasteiger partial charge in [-0.1, -0.05) is 12.0 Å². The van der Waals surface area contributed by atoms with Gasteiger partial charge in [0.25, 0.3) is 0 Å². The third-order valence-electron chi connectivity index (χ3n) is 1.18. The van der Waals surface area contributed by atoms with Gasteiger partial charge in [0.05, 0.1) is 13.1 Å². The Kier molecular flexibility index (Phi) is 6.36. The third kappa shape index (κ3) is 6.82. The summed E-state index contributed by atoms with van der Waals surface area (Å²) in [4.78, 5) is 10.9. The van der Waals surface area contributed by atoms with Crippen molar-refractivity contribution in [2.45, 2.75) is 12.8 Å². The molecule has 2 nitrogen and oxygen atoms in total. The standard InChI is InChI=1S/C9H13NO/c1-3-5-6-9(11)8-10-7-4-2/h2-3,10H,1,5-8H2. The van der Waals surface area contributed by atoms with E-state index in [1.165, 1.54) is 0 Å². The van der Waals surface area contributed by atoms with Crippen LogP contribution in [0.5, 0.6) is 0 Å².